The molecule has 4 aliphatic carbocycles. The van der Waals surface area contributed by atoms with Gasteiger partial charge in [0.1, 0.15) is 12.6 Å². The minimum Gasteiger partial charge on any atom is -0.390 e. The number of nitrogens with zero attached hydrogens (tertiary/aromatic N) is 3. The van der Waals surface area contributed by atoms with Crippen LogP contribution in [0.3, 0.4) is 0 Å². The van der Waals surface area contributed by atoms with Crippen LogP contribution in [0.2, 0.25) is 0 Å². The fraction of sp³-hybridized carbons (Fsp3) is 0.840. The maximum atomic E-state index is 15.6. The van der Waals surface area contributed by atoms with E-state index in [0.29, 0.717) is 41.6 Å². The zero-order valence-corrected chi connectivity index (χ0v) is 18.7. The Bertz CT molecular complexity index is 874. The van der Waals surface area contributed by atoms with Crippen molar-refractivity contribution in [2.45, 2.75) is 89.7 Å². The monoisotopic (exact) mass is 431 g/mol. The molecule has 4 aliphatic rings. The smallest absolute Gasteiger partial charge is 0.270 e. The average Bonchev–Trinajstić information content (AvgIpc) is 3.30. The molecule has 0 amide bonds. The largest absolute Gasteiger partial charge is 0.390 e. The second-order valence-electron chi connectivity index (χ2n) is 11.6. The highest BCUT2D eigenvalue weighted by molar-refractivity contribution is 5.21. The lowest BCUT2D eigenvalue weighted by molar-refractivity contribution is -0.148. The van der Waals surface area contributed by atoms with Gasteiger partial charge < -0.3 is 5.11 Å². The third-order valence-electron chi connectivity index (χ3n) is 9.88. The van der Waals surface area contributed by atoms with Crippen LogP contribution < -0.4 is 0 Å². The van der Waals surface area contributed by atoms with Crippen molar-refractivity contribution >= 4 is 0 Å². The first-order valence-electron chi connectivity index (χ1n) is 12.2. The third kappa shape index (κ3) is 3.52. The van der Waals surface area contributed by atoms with E-state index in [1.54, 1.807) is 0 Å². The molecule has 4 saturated carbocycles. The molecule has 170 valence electrons. The van der Waals surface area contributed by atoms with Crippen molar-refractivity contribution in [2.24, 2.45) is 40.9 Å². The summed E-state index contributed by atoms with van der Waals surface area (Å²) in [5.41, 5.74) is -0.506. The molecule has 0 aromatic carbocycles. The van der Waals surface area contributed by atoms with Gasteiger partial charge in [-0.25, -0.2) is 8.78 Å². The molecule has 0 aliphatic heterocycles. The molecule has 0 saturated heterocycles. The SMILES string of the molecule is C[C@@]1(O)CCC2[C@@H](CC[C@@H]3[C@@H]2CC[C@]2(C)[C@@H](C(F)(F)Cn4cc(C#N)cn4)CC[C@@H]32)C1. The molecule has 1 aromatic heterocycles. The van der Waals surface area contributed by atoms with Gasteiger partial charge >= 0.3 is 0 Å². The van der Waals surface area contributed by atoms with Gasteiger partial charge in [-0.2, -0.15) is 10.4 Å². The summed E-state index contributed by atoms with van der Waals surface area (Å²) in [4.78, 5) is 0. The molecule has 0 spiro atoms. The molecule has 6 heteroatoms. The van der Waals surface area contributed by atoms with Gasteiger partial charge in [0.25, 0.3) is 5.92 Å². The Kier molecular flexibility index (Phi) is 5.01. The van der Waals surface area contributed by atoms with E-state index in [9.17, 15) is 5.11 Å². The Morgan fingerprint density at radius 2 is 1.90 bits per heavy atom. The Labute approximate surface area is 184 Å². The second-order valence-corrected chi connectivity index (χ2v) is 11.6. The second kappa shape index (κ2) is 7.27. The number of halogens is 2. The third-order valence-corrected chi connectivity index (χ3v) is 9.88. The van der Waals surface area contributed by atoms with Gasteiger partial charge in [0, 0.05) is 12.1 Å². The lowest BCUT2D eigenvalue weighted by Gasteiger charge is -2.57. The van der Waals surface area contributed by atoms with Crippen LogP contribution in [-0.4, -0.2) is 26.4 Å². The standard InChI is InChI=1S/C25H35F2N3O/c1-23(31)9-7-18-17(11-23)3-4-20-19(18)8-10-24(2)21(20)5-6-22(24)25(26,27)15-30-14-16(12-28)13-29-30/h13-14,17-22,31H,3-11,15H2,1-2H3/t17-,18?,19+,20+,21-,22-,23+,24-/m0/s1. The van der Waals surface area contributed by atoms with Crippen LogP contribution in [0.4, 0.5) is 8.78 Å². The molecule has 31 heavy (non-hydrogen) atoms. The van der Waals surface area contributed by atoms with Crippen molar-refractivity contribution in [1.82, 2.24) is 9.78 Å². The zero-order valence-electron chi connectivity index (χ0n) is 18.7. The quantitative estimate of drug-likeness (QED) is 0.696. The summed E-state index contributed by atoms with van der Waals surface area (Å²) in [6.45, 7) is 3.69. The zero-order chi connectivity index (χ0) is 22.0. The highest BCUT2D eigenvalue weighted by atomic mass is 19.3. The van der Waals surface area contributed by atoms with E-state index in [0.717, 1.165) is 51.4 Å². The van der Waals surface area contributed by atoms with E-state index in [1.165, 1.54) is 17.1 Å². The first-order chi connectivity index (χ1) is 14.6. The van der Waals surface area contributed by atoms with Crippen LogP contribution in [0.15, 0.2) is 12.4 Å². The molecule has 1 heterocycles. The van der Waals surface area contributed by atoms with E-state index in [-0.39, 0.29) is 5.41 Å². The molecule has 1 unspecified atom stereocenters. The first kappa shape index (κ1) is 21.4. The number of aliphatic hydroxyl groups is 1. The van der Waals surface area contributed by atoms with Gasteiger partial charge in [-0.15, -0.1) is 0 Å². The Morgan fingerprint density at radius 1 is 1.13 bits per heavy atom. The normalized spacial score (nSPS) is 44.8. The fourth-order valence-electron chi connectivity index (χ4n) is 8.61. The van der Waals surface area contributed by atoms with E-state index in [1.807, 2.05) is 13.0 Å². The van der Waals surface area contributed by atoms with Gasteiger partial charge in [0.2, 0.25) is 0 Å². The highest BCUT2D eigenvalue weighted by Crippen LogP contribution is 2.66. The molecule has 4 fully saturated rings. The van der Waals surface area contributed by atoms with Crippen molar-refractivity contribution in [2.75, 3.05) is 0 Å². The molecular formula is C25H35F2N3O. The van der Waals surface area contributed by atoms with Gasteiger partial charge in [-0.3, -0.25) is 4.68 Å². The maximum absolute atomic E-state index is 15.6. The Hall–Kier alpha value is -1.48. The molecule has 0 bridgehead atoms. The molecule has 4 nitrogen and oxygen atoms in total. The van der Waals surface area contributed by atoms with Crippen LogP contribution in [0, 0.1) is 52.3 Å². The predicted molar refractivity (Wildman–Crippen MR) is 113 cm³/mol. The number of nitriles is 1. The summed E-state index contributed by atoms with van der Waals surface area (Å²) in [5, 5.41) is 23.5. The minimum atomic E-state index is -2.82. The van der Waals surface area contributed by atoms with Crippen LogP contribution in [-0.2, 0) is 6.54 Å². The number of hydrogen-bond donors (Lipinski definition) is 1. The predicted octanol–water partition coefficient (Wildman–Crippen LogP) is 5.41. The molecular weight excluding hydrogens is 396 g/mol. The number of hydrogen-bond acceptors (Lipinski definition) is 3. The first-order valence-corrected chi connectivity index (χ1v) is 12.2. The number of rotatable bonds is 3. The van der Waals surface area contributed by atoms with Crippen molar-refractivity contribution in [3.63, 3.8) is 0 Å². The van der Waals surface area contributed by atoms with Crippen molar-refractivity contribution in [3.8, 4) is 6.07 Å². The van der Waals surface area contributed by atoms with Crippen LogP contribution in [0.5, 0.6) is 0 Å². The molecule has 1 N–H and O–H groups in total. The van der Waals surface area contributed by atoms with Gasteiger partial charge in [0.05, 0.1) is 17.4 Å². The summed E-state index contributed by atoms with van der Waals surface area (Å²) in [6.07, 6.45) is 11.4. The van der Waals surface area contributed by atoms with Crippen molar-refractivity contribution < 1.29 is 13.9 Å². The summed E-state index contributed by atoms with van der Waals surface area (Å²) in [7, 11) is 0. The van der Waals surface area contributed by atoms with E-state index in [2.05, 4.69) is 12.0 Å². The van der Waals surface area contributed by atoms with Crippen LogP contribution >= 0.6 is 0 Å². The minimum absolute atomic E-state index is 0.317. The molecule has 5 rings (SSSR count). The van der Waals surface area contributed by atoms with Crippen LogP contribution in [0.1, 0.15) is 77.2 Å². The topological polar surface area (TPSA) is 61.8 Å². The van der Waals surface area contributed by atoms with Crippen molar-refractivity contribution in [3.05, 3.63) is 18.0 Å². The van der Waals surface area contributed by atoms with E-state index >= 15 is 8.78 Å². The maximum Gasteiger partial charge on any atom is 0.270 e. The number of fused-ring (bicyclic) bond motifs is 5. The van der Waals surface area contributed by atoms with Gasteiger partial charge in [-0.05, 0) is 99.7 Å². The summed E-state index contributed by atoms with van der Waals surface area (Å²) in [6, 6.07) is 1.97. The van der Waals surface area contributed by atoms with Gasteiger partial charge in [0.15, 0.2) is 0 Å². The Morgan fingerprint density at radius 3 is 2.65 bits per heavy atom. The van der Waals surface area contributed by atoms with Crippen molar-refractivity contribution in [1.29, 1.82) is 5.26 Å². The highest BCUT2D eigenvalue weighted by Gasteiger charge is 2.62. The average molecular weight is 432 g/mol. The number of aromatic nitrogens is 2. The lowest BCUT2D eigenvalue weighted by atomic mass is 9.49. The summed E-state index contributed by atoms with van der Waals surface area (Å²) in [5.74, 6) is -0.541. The summed E-state index contributed by atoms with van der Waals surface area (Å²) < 4.78 is 32.4. The summed E-state index contributed by atoms with van der Waals surface area (Å²) >= 11 is 0. The van der Waals surface area contributed by atoms with Crippen LogP contribution in [0.25, 0.3) is 0 Å². The fourth-order valence-corrected chi connectivity index (χ4v) is 8.61. The lowest BCUT2D eigenvalue weighted by Crippen LogP contribution is -2.52. The van der Waals surface area contributed by atoms with E-state index < -0.39 is 24.0 Å². The molecule has 1 aromatic rings. The van der Waals surface area contributed by atoms with Gasteiger partial charge in [-0.1, -0.05) is 6.92 Å². The molecule has 8 atom stereocenters. The van der Waals surface area contributed by atoms with E-state index in [4.69, 9.17) is 5.26 Å². The Balaban J connectivity index is 1.33. The molecule has 0 radical (unpaired) electrons. The number of alkyl halides is 2.